The van der Waals surface area contributed by atoms with Gasteiger partial charge in [0.05, 0.1) is 3.79 Å². The van der Waals surface area contributed by atoms with Gasteiger partial charge in [0.25, 0.3) is 0 Å². The standard InChI is InChI=1S/C10H7S.C4H2BrS/c1-2-5-9(6-3-1)10-7-4-8-11-10;5-4-2-1-3-6-4/h1-7H;1-2H. The summed E-state index contributed by atoms with van der Waals surface area (Å²) in [5, 5.41) is 5.99. The van der Waals surface area contributed by atoms with Crippen molar-refractivity contribution in [3.05, 3.63) is 69.1 Å². The molecule has 3 aromatic rings. The first-order valence-electron chi connectivity index (χ1n) is 4.99. The van der Waals surface area contributed by atoms with Gasteiger partial charge in [0.1, 0.15) is 0 Å². The normalized spacial score (nSPS) is 9.47. The Morgan fingerprint density at radius 1 is 0.824 bits per heavy atom. The highest BCUT2D eigenvalue weighted by molar-refractivity contribution is 9.11. The van der Waals surface area contributed by atoms with E-state index in [9.17, 15) is 0 Å². The highest BCUT2D eigenvalue weighted by atomic mass is 79.9. The molecule has 2 heterocycles. The van der Waals surface area contributed by atoms with Gasteiger partial charge in [0, 0.05) is 15.6 Å². The smallest absolute Gasteiger partial charge is 0.0705 e. The molecule has 17 heavy (non-hydrogen) atoms. The van der Waals surface area contributed by atoms with Gasteiger partial charge in [-0.25, -0.2) is 0 Å². The number of hydrogen-bond acceptors (Lipinski definition) is 2. The summed E-state index contributed by atoms with van der Waals surface area (Å²) in [7, 11) is 0. The zero-order valence-corrected chi connectivity index (χ0v) is 12.1. The number of rotatable bonds is 1. The molecule has 1 aromatic carbocycles. The van der Waals surface area contributed by atoms with E-state index in [0.29, 0.717) is 0 Å². The molecule has 0 saturated heterocycles. The molecule has 0 aliphatic heterocycles. The average Bonchev–Trinajstić information content (AvgIpc) is 3.03. The largest absolute Gasteiger partial charge is 0.134 e. The number of halogens is 1. The van der Waals surface area contributed by atoms with Crippen LogP contribution >= 0.6 is 38.6 Å². The molecule has 0 spiro atoms. The van der Waals surface area contributed by atoms with Crippen molar-refractivity contribution < 1.29 is 0 Å². The van der Waals surface area contributed by atoms with Crippen molar-refractivity contribution in [2.45, 2.75) is 0 Å². The minimum absolute atomic E-state index is 1.14. The number of hydrogen-bond donors (Lipinski definition) is 0. The van der Waals surface area contributed by atoms with Crippen LogP contribution in [0.15, 0.2) is 58.4 Å². The van der Waals surface area contributed by atoms with Crippen molar-refractivity contribution >= 4 is 38.6 Å². The van der Waals surface area contributed by atoms with Crippen LogP contribution in [0.1, 0.15) is 0 Å². The highest BCUT2D eigenvalue weighted by Gasteiger charge is 1.94. The van der Waals surface area contributed by atoms with E-state index in [1.54, 1.807) is 22.7 Å². The van der Waals surface area contributed by atoms with Gasteiger partial charge in [-0.15, -0.1) is 22.7 Å². The van der Waals surface area contributed by atoms with E-state index in [-0.39, 0.29) is 0 Å². The lowest BCUT2D eigenvalue weighted by Gasteiger charge is -1.93. The van der Waals surface area contributed by atoms with E-state index in [1.165, 1.54) is 10.4 Å². The van der Waals surface area contributed by atoms with Crippen LogP contribution < -0.4 is 0 Å². The van der Waals surface area contributed by atoms with Crippen molar-refractivity contribution in [2.75, 3.05) is 0 Å². The van der Waals surface area contributed by atoms with Gasteiger partial charge in [0.2, 0.25) is 0 Å². The third-order valence-corrected chi connectivity index (χ3v) is 4.15. The minimum Gasteiger partial charge on any atom is -0.134 e. The molecule has 84 valence electrons. The molecule has 2 radical (unpaired) electrons. The first-order valence-corrected chi connectivity index (χ1v) is 7.41. The lowest BCUT2D eigenvalue weighted by molar-refractivity contribution is 1.70. The summed E-state index contributed by atoms with van der Waals surface area (Å²) in [4.78, 5) is 1.28. The lowest BCUT2D eigenvalue weighted by Crippen LogP contribution is -1.67. The molecule has 3 heteroatoms. The van der Waals surface area contributed by atoms with E-state index >= 15 is 0 Å². The first kappa shape index (κ1) is 12.6. The predicted molar refractivity (Wildman–Crippen MR) is 79.4 cm³/mol. The summed E-state index contributed by atoms with van der Waals surface area (Å²) in [5.41, 5.74) is 1.28. The Kier molecular flexibility index (Phi) is 4.98. The van der Waals surface area contributed by atoms with Gasteiger partial charge in [-0.2, -0.15) is 0 Å². The van der Waals surface area contributed by atoms with Crippen LogP contribution in [0.5, 0.6) is 0 Å². The average molecular weight is 321 g/mol. The second kappa shape index (κ2) is 6.74. The maximum absolute atomic E-state index is 3.27. The Balaban J connectivity index is 0.000000153. The van der Waals surface area contributed by atoms with Crippen molar-refractivity contribution in [3.63, 3.8) is 0 Å². The molecule has 0 bridgehead atoms. The fraction of sp³-hybridized carbons (Fsp3) is 0. The molecule has 0 aliphatic rings. The zero-order valence-electron chi connectivity index (χ0n) is 8.89. The zero-order chi connectivity index (χ0) is 11.9. The van der Waals surface area contributed by atoms with E-state index in [4.69, 9.17) is 0 Å². The molecular formula is C14H9BrS2. The van der Waals surface area contributed by atoms with Crippen LogP contribution in [-0.4, -0.2) is 0 Å². The van der Waals surface area contributed by atoms with Gasteiger partial charge in [-0.1, -0.05) is 30.3 Å². The second-order valence-electron chi connectivity index (χ2n) is 3.14. The molecule has 3 rings (SSSR count). The Hall–Kier alpha value is -0.900. The fourth-order valence-corrected chi connectivity index (χ4v) is 2.67. The summed E-state index contributed by atoms with van der Waals surface area (Å²) in [6.45, 7) is 0. The van der Waals surface area contributed by atoms with Crippen molar-refractivity contribution in [1.82, 2.24) is 0 Å². The lowest BCUT2D eigenvalue weighted by atomic mass is 10.2. The quantitative estimate of drug-likeness (QED) is 0.553. The first-order chi connectivity index (χ1) is 8.36. The van der Waals surface area contributed by atoms with Crippen molar-refractivity contribution in [3.8, 4) is 10.4 Å². The molecule has 0 aliphatic carbocycles. The maximum atomic E-state index is 3.27. The van der Waals surface area contributed by atoms with Gasteiger partial charge < -0.3 is 0 Å². The predicted octanol–water partition coefficient (Wildman–Crippen LogP) is 5.53. The van der Waals surface area contributed by atoms with Gasteiger partial charge in [0.15, 0.2) is 0 Å². The minimum atomic E-state index is 1.14. The highest BCUT2D eigenvalue weighted by Crippen LogP contribution is 2.22. The molecule has 0 N–H and O–H groups in total. The second-order valence-corrected chi connectivity index (χ2v) is 6.28. The monoisotopic (exact) mass is 320 g/mol. The molecule has 0 amide bonds. The number of benzene rings is 1. The molecule has 2 aromatic heterocycles. The van der Waals surface area contributed by atoms with Crippen LogP contribution in [0.4, 0.5) is 0 Å². The summed E-state index contributed by atoms with van der Waals surface area (Å²) in [6.07, 6.45) is 0. The molecule has 0 fully saturated rings. The molecule has 0 atom stereocenters. The van der Waals surface area contributed by atoms with Crippen LogP contribution in [0.3, 0.4) is 0 Å². The van der Waals surface area contributed by atoms with E-state index in [2.05, 4.69) is 57.0 Å². The topological polar surface area (TPSA) is 0 Å². The van der Waals surface area contributed by atoms with Crippen LogP contribution in [0, 0.1) is 10.8 Å². The number of thiophene rings is 2. The maximum Gasteiger partial charge on any atom is 0.0705 e. The third kappa shape index (κ3) is 4.11. The van der Waals surface area contributed by atoms with E-state index < -0.39 is 0 Å². The molecule has 0 nitrogen and oxygen atoms in total. The van der Waals surface area contributed by atoms with Gasteiger partial charge >= 0.3 is 0 Å². The van der Waals surface area contributed by atoms with Gasteiger partial charge in [-0.05, 0) is 45.8 Å². The third-order valence-electron chi connectivity index (χ3n) is 1.97. The van der Waals surface area contributed by atoms with Crippen LogP contribution in [0.2, 0.25) is 0 Å². The summed E-state index contributed by atoms with van der Waals surface area (Å²) in [6, 6.07) is 18.2. The van der Waals surface area contributed by atoms with E-state index in [1.807, 2.05) is 24.3 Å². The van der Waals surface area contributed by atoms with Crippen molar-refractivity contribution in [2.24, 2.45) is 0 Å². The Bertz CT molecular complexity index is 513. The Morgan fingerprint density at radius 2 is 1.53 bits per heavy atom. The summed E-state index contributed by atoms with van der Waals surface area (Å²) >= 11 is 6.49. The Labute approximate surface area is 118 Å². The molecular weight excluding hydrogens is 312 g/mol. The Morgan fingerprint density at radius 3 is 2.00 bits per heavy atom. The summed E-state index contributed by atoms with van der Waals surface area (Å²) < 4.78 is 1.14. The van der Waals surface area contributed by atoms with Crippen LogP contribution in [-0.2, 0) is 0 Å². The fourth-order valence-electron chi connectivity index (χ4n) is 1.22. The van der Waals surface area contributed by atoms with Gasteiger partial charge in [-0.3, -0.25) is 0 Å². The van der Waals surface area contributed by atoms with Crippen molar-refractivity contribution in [1.29, 1.82) is 0 Å². The summed E-state index contributed by atoms with van der Waals surface area (Å²) in [5.74, 6) is 0. The molecule has 0 unspecified atom stereocenters. The SMILES string of the molecule is Brc1cc[c]s1.[c]1ccc(-c2ccccc2)s1. The van der Waals surface area contributed by atoms with Crippen LogP contribution in [0.25, 0.3) is 10.4 Å². The molecule has 0 saturated carbocycles. The van der Waals surface area contributed by atoms with E-state index in [0.717, 1.165) is 3.79 Å².